The lowest BCUT2D eigenvalue weighted by atomic mass is 9.88. The van der Waals surface area contributed by atoms with Crippen molar-refractivity contribution in [2.45, 2.75) is 19.3 Å². The molecule has 0 spiro atoms. The Balaban J connectivity index is 1.79. The molecule has 6 heteroatoms. The van der Waals surface area contributed by atoms with Crippen LogP contribution in [0.2, 0.25) is 0 Å². The predicted molar refractivity (Wildman–Crippen MR) is 86.6 cm³/mol. The third-order valence-electron chi connectivity index (χ3n) is 4.21. The van der Waals surface area contributed by atoms with Crippen LogP contribution in [-0.2, 0) is 11.8 Å². The Morgan fingerprint density at radius 1 is 1.13 bits per heavy atom. The number of para-hydroxylation sites is 1. The van der Waals surface area contributed by atoms with E-state index in [0.29, 0.717) is 12.2 Å². The molecule has 1 aromatic carbocycles. The van der Waals surface area contributed by atoms with E-state index in [2.05, 4.69) is 15.5 Å². The zero-order valence-electron chi connectivity index (χ0n) is 13.0. The standard InChI is InChI=1S/C17H17N5O/c1-11-14(10-22(19-11)12-6-4-3-5-7-12)13-8-16(23)18-17-15(13)9-21(2)20-17/h3-7,9-10,13H,8H2,1-2H3,(H,18,20,23). The molecule has 23 heavy (non-hydrogen) atoms. The van der Waals surface area contributed by atoms with Crippen molar-refractivity contribution < 1.29 is 4.79 Å². The summed E-state index contributed by atoms with van der Waals surface area (Å²) in [5.41, 5.74) is 4.05. The van der Waals surface area contributed by atoms with Gasteiger partial charge < -0.3 is 5.32 Å². The van der Waals surface area contributed by atoms with Crippen LogP contribution in [0.15, 0.2) is 42.7 Å². The number of nitrogens with one attached hydrogen (secondary N) is 1. The fourth-order valence-electron chi connectivity index (χ4n) is 3.14. The highest BCUT2D eigenvalue weighted by atomic mass is 16.1. The van der Waals surface area contributed by atoms with Gasteiger partial charge in [-0.25, -0.2) is 4.68 Å². The fraction of sp³-hybridized carbons (Fsp3) is 0.235. The van der Waals surface area contributed by atoms with Crippen molar-refractivity contribution in [2.75, 3.05) is 5.32 Å². The first-order valence-electron chi connectivity index (χ1n) is 7.57. The summed E-state index contributed by atoms with van der Waals surface area (Å²) >= 11 is 0. The number of hydrogen-bond donors (Lipinski definition) is 1. The number of fused-ring (bicyclic) bond motifs is 1. The summed E-state index contributed by atoms with van der Waals surface area (Å²) in [6, 6.07) is 9.98. The summed E-state index contributed by atoms with van der Waals surface area (Å²) in [6.07, 6.45) is 4.41. The van der Waals surface area contributed by atoms with Gasteiger partial charge in [-0.2, -0.15) is 10.2 Å². The first kappa shape index (κ1) is 13.8. The lowest BCUT2D eigenvalue weighted by Crippen LogP contribution is -2.23. The third kappa shape index (κ3) is 2.32. The number of rotatable bonds is 2. The molecular weight excluding hydrogens is 290 g/mol. The SMILES string of the molecule is Cc1nn(-c2ccccc2)cc1C1CC(=O)Nc2nn(C)cc21. The van der Waals surface area contributed by atoms with Gasteiger partial charge in [-0.1, -0.05) is 18.2 Å². The van der Waals surface area contributed by atoms with Gasteiger partial charge in [0.05, 0.1) is 11.4 Å². The molecule has 0 fully saturated rings. The van der Waals surface area contributed by atoms with Crippen LogP contribution in [0.4, 0.5) is 5.82 Å². The minimum absolute atomic E-state index is 0.00642. The molecular formula is C17H17N5O. The Labute approximate surface area is 133 Å². The van der Waals surface area contributed by atoms with Crippen LogP contribution in [0.5, 0.6) is 0 Å². The molecule has 0 saturated heterocycles. The van der Waals surface area contributed by atoms with E-state index in [1.165, 1.54) is 0 Å². The zero-order chi connectivity index (χ0) is 16.0. The first-order chi connectivity index (χ1) is 11.1. The number of amides is 1. The van der Waals surface area contributed by atoms with E-state index in [1.807, 2.05) is 61.4 Å². The van der Waals surface area contributed by atoms with Gasteiger partial charge in [0.2, 0.25) is 5.91 Å². The maximum Gasteiger partial charge on any atom is 0.226 e. The minimum atomic E-state index is -0.00934. The van der Waals surface area contributed by atoms with E-state index in [-0.39, 0.29) is 11.8 Å². The van der Waals surface area contributed by atoms with E-state index < -0.39 is 0 Å². The van der Waals surface area contributed by atoms with Crippen molar-refractivity contribution in [1.82, 2.24) is 19.6 Å². The van der Waals surface area contributed by atoms with E-state index >= 15 is 0 Å². The molecule has 0 aliphatic carbocycles. The van der Waals surface area contributed by atoms with Gasteiger partial charge in [-0.05, 0) is 19.1 Å². The third-order valence-corrected chi connectivity index (χ3v) is 4.21. The molecule has 2 aromatic heterocycles. The van der Waals surface area contributed by atoms with Crippen molar-refractivity contribution >= 4 is 11.7 Å². The van der Waals surface area contributed by atoms with Crippen molar-refractivity contribution in [3.8, 4) is 5.69 Å². The van der Waals surface area contributed by atoms with Crippen LogP contribution < -0.4 is 5.32 Å². The number of aromatic nitrogens is 4. The first-order valence-corrected chi connectivity index (χ1v) is 7.57. The molecule has 0 radical (unpaired) electrons. The Hall–Kier alpha value is -2.89. The summed E-state index contributed by atoms with van der Waals surface area (Å²) in [5, 5.41) is 11.8. The van der Waals surface area contributed by atoms with E-state index in [1.54, 1.807) is 4.68 Å². The second-order valence-corrected chi connectivity index (χ2v) is 5.86. The van der Waals surface area contributed by atoms with Gasteiger partial charge in [-0.3, -0.25) is 9.48 Å². The number of carbonyl (C=O) groups excluding carboxylic acids is 1. The van der Waals surface area contributed by atoms with Gasteiger partial charge in [0.1, 0.15) is 0 Å². The number of nitrogens with zero attached hydrogens (tertiary/aromatic N) is 4. The number of anilines is 1. The predicted octanol–water partition coefficient (Wildman–Crippen LogP) is 2.39. The topological polar surface area (TPSA) is 64.7 Å². The normalized spacial score (nSPS) is 17.0. The maximum atomic E-state index is 12.0. The van der Waals surface area contributed by atoms with Crippen LogP contribution in [-0.4, -0.2) is 25.5 Å². The second kappa shape index (κ2) is 5.08. The largest absolute Gasteiger partial charge is 0.309 e. The van der Waals surface area contributed by atoms with Gasteiger partial charge in [0.15, 0.2) is 5.82 Å². The number of hydrogen-bond acceptors (Lipinski definition) is 3. The summed E-state index contributed by atoms with van der Waals surface area (Å²) < 4.78 is 3.60. The smallest absolute Gasteiger partial charge is 0.226 e. The molecule has 1 amide bonds. The molecule has 116 valence electrons. The lowest BCUT2D eigenvalue weighted by molar-refractivity contribution is -0.116. The number of carbonyl (C=O) groups is 1. The van der Waals surface area contributed by atoms with Gasteiger partial charge in [-0.15, -0.1) is 0 Å². The average Bonchev–Trinajstić information content (AvgIpc) is 3.09. The maximum absolute atomic E-state index is 12.0. The highest BCUT2D eigenvalue weighted by Gasteiger charge is 2.31. The highest BCUT2D eigenvalue weighted by molar-refractivity contribution is 5.94. The Kier molecular flexibility index (Phi) is 3.04. The summed E-state index contributed by atoms with van der Waals surface area (Å²) in [7, 11) is 1.86. The van der Waals surface area contributed by atoms with Crippen LogP contribution in [0.1, 0.15) is 29.2 Å². The van der Waals surface area contributed by atoms with Crippen molar-refractivity contribution in [1.29, 1.82) is 0 Å². The minimum Gasteiger partial charge on any atom is -0.309 e. The van der Waals surface area contributed by atoms with Crippen LogP contribution in [0.3, 0.4) is 0 Å². The van der Waals surface area contributed by atoms with E-state index in [4.69, 9.17) is 0 Å². The van der Waals surface area contributed by atoms with Crippen LogP contribution in [0, 0.1) is 6.92 Å². The lowest BCUT2D eigenvalue weighted by Gasteiger charge is -2.21. The zero-order valence-corrected chi connectivity index (χ0v) is 13.0. The molecule has 1 aliphatic heterocycles. The molecule has 1 unspecified atom stereocenters. The molecule has 0 bridgehead atoms. The van der Waals surface area contributed by atoms with Gasteiger partial charge in [0, 0.05) is 42.9 Å². The molecule has 6 nitrogen and oxygen atoms in total. The number of aryl methyl sites for hydroxylation is 2. The Morgan fingerprint density at radius 3 is 2.70 bits per heavy atom. The fourth-order valence-corrected chi connectivity index (χ4v) is 3.14. The number of benzene rings is 1. The molecule has 3 heterocycles. The molecule has 4 rings (SSSR count). The van der Waals surface area contributed by atoms with E-state index in [0.717, 1.165) is 22.5 Å². The average molecular weight is 307 g/mol. The Morgan fingerprint density at radius 2 is 1.91 bits per heavy atom. The van der Waals surface area contributed by atoms with Crippen molar-refractivity contribution in [3.05, 3.63) is 59.5 Å². The van der Waals surface area contributed by atoms with Gasteiger partial charge in [0.25, 0.3) is 0 Å². The molecule has 3 aromatic rings. The Bertz CT molecular complexity index is 878. The van der Waals surface area contributed by atoms with Gasteiger partial charge >= 0.3 is 0 Å². The summed E-state index contributed by atoms with van der Waals surface area (Å²) in [5.74, 6) is 0.638. The van der Waals surface area contributed by atoms with E-state index in [9.17, 15) is 4.79 Å². The molecule has 1 aliphatic rings. The van der Waals surface area contributed by atoms with Crippen LogP contribution in [0.25, 0.3) is 5.69 Å². The molecule has 0 saturated carbocycles. The quantitative estimate of drug-likeness (QED) is 0.790. The second-order valence-electron chi connectivity index (χ2n) is 5.86. The van der Waals surface area contributed by atoms with Crippen molar-refractivity contribution in [2.24, 2.45) is 7.05 Å². The summed E-state index contributed by atoms with van der Waals surface area (Å²) in [6.45, 7) is 1.98. The monoisotopic (exact) mass is 307 g/mol. The summed E-state index contributed by atoms with van der Waals surface area (Å²) in [4.78, 5) is 12.0. The molecule has 1 N–H and O–H groups in total. The van der Waals surface area contributed by atoms with Crippen LogP contribution >= 0.6 is 0 Å². The highest BCUT2D eigenvalue weighted by Crippen LogP contribution is 2.37. The molecule has 1 atom stereocenters. The van der Waals surface area contributed by atoms with Crippen molar-refractivity contribution in [3.63, 3.8) is 0 Å².